The number of aliphatic hydroxyl groups excluding tert-OH is 1. The number of hydrogen-bond acceptors (Lipinski definition) is 6. The van der Waals surface area contributed by atoms with Crippen molar-refractivity contribution in [2.24, 2.45) is 10.9 Å². The van der Waals surface area contributed by atoms with E-state index in [2.05, 4.69) is 127 Å². The first kappa shape index (κ1) is 44.3. The van der Waals surface area contributed by atoms with E-state index in [1.165, 1.54) is 22.3 Å². The highest BCUT2D eigenvalue weighted by Gasteiger charge is 2.14. The number of rotatable bonds is 17. The fourth-order valence-electron chi connectivity index (χ4n) is 4.09. The summed E-state index contributed by atoms with van der Waals surface area (Å²) in [5.74, 6) is 1.80. The Morgan fingerprint density at radius 2 is 1.78 bits per heavy atom. The number of aliphatic hydroxyl groups is 1. The summed E-state index contributed by atoms with van der Waals surface area (Å²) in [4.78, 5) is 20.8. The average molecular weight is 696 g/mol. The van der Waals surface area contributed by atoms with E-state index in [1.54, 1.807) is 6.08 Å². The van der Waals surface area contributed by atoms with Gasteiger partial charge >= 0.3 is 6.15 Å². The molecule has 2 atom stereocenters. The molecular weight excluding hydrogens is 640 g/mol. The van der Waals surface area contributed by atoms with E-state index in [-0.39, 0.29) is 18.8 Å². The maximum Gasteiger partial charge on any atom is 0.373 e. The van der Waals surface area contributed by atoms with Gasteiger partial charge < -0.3 is 21.1 Å². The van der Waals surface area contributed by atoms with E-state index >= 15 is 0 Å². The first-order valence-corrected chi connectivity index (χ1v) is 16.2. The minimum absolute atomic E-state index is 0.0457. The molecule has 252 valence electrons. The van der Waals surface area contributed by atoms with Crippen molar-refractivity contribution in [1.29, 1.82) is 0 Å². The van der Waals surface area contributed by atoms with Crippen LogP contribution in [0.25, 0.3) is 0 Å². The van der Waals surface area contributed by atoms with E-state index < -0.39 is 0 Å². The lowest BCUT2D eigenvalue weighted by atomic mass is 9.86. The number of halogens is 1. The third-order valence-corrected chi connectivity index (χ3v) is 7.40. The Kier molecular flexibility index (Phi) is 27.6. The fraction of sp³-hybridized carbons (Fsp3) is 0.368. The molecule has 0 aliphatic carbocycles. The lowest BCUT2D eigenvalue weighted by Gasteiger charge is -2.20. The summed E-state index contributed by atoms with van der Waals surface area (Å²) >= 11 is 3.45. The van der Waals surface area contributed by atoms with Crippen molar-refractivity contribution in [2.75, 3.05) is 25.5 Å². The molecule has 7 nitrogen and oxygen atoms in total. The summed E-state index contributed by atoms with van der Waals surface area (Å²) < 4.78 is 0.755. The van der Waals surface area contributed by atoms with Crippen molar-refractivity contribution in [1.82, 2.24) is 10.6 Å². The Balaban J connectivity index is 0. The second-order valence-electron chi connectivity index (χ2n) is 10.1. The summed E-state index contributed by atoms with van der Waals surface area (Å²) in [6.07, 6.45) is 21.4. The SMILES string of the molecule is C=C/C(Br)=C(\N=C(/C)Nc1ccc(C)c(C)c1)NC(CC)CO.C=C/C=C\C(=C/C)C(CCNC)C(=CCC=C)/C=C\C.O=C=O. The average Bonchev–Trinajstić information content (AvgIpc) is 3.05. The van der Waals surface area contributed by atoms with Gasteiger partial charge in [-0.05, 0) is 118 Å². The second kappa shape index (κ2) is 28.6. The molecule has 0 amide bonds. The maximum absolute atomic E-state index is 9.36. The van der Waals surface area contributed by atoms with Crippen LogP contribution in [0.1, 0.15) is 58.1 Å². The minimum Gasteiger partial charge on any atom is -0.394 e. The molecule has 0 fully saturated rings. The van der Waals surface area contributed by atoms with Crippen molar-refractivity contribution in [3.8, 4) is 0 Å². The largest absolute Gasteiger partial charge is 0.394 e. The van der Waals surface area contributed by atoms with Crippen molar-refractivity contribution in [2.45, 2.75) is 66.8 Å². The van der Waals surface area contributed by atoms with Gasteiger partial charge in [0.05, 0.1) is 17.1 Å². The van der Waals surface area contributed by atoms with E-state index in [4.69, 9.17) is 9.59 Å². The zero-order valence-corrected chi connectivity index (χ0v) is 30.4. The molecule has 0 aliphatic rings. The van der Waals surface area contributed by atoms with Gasteiger partial charge in [-0.2, -0.15) is 9.59 Å². The zero-order chi connectivity index (χ0) is 35.3. The van der Waals surface area contributed by atoms with Crippen molar-refractivity contribution < 1.29 is 14.7 Å². The van der Waals surface area contributed by atoms with Gasteiger partial charge in [0.25, 0.3) is 0 Å². The van der Waals surface area contributed by atoms with Gasteiger partial charge in [-0.15, -0.1) is 6.58 Å². The number of hydrogen-bond donors (Lipinski definition) is 4. The quantitative estimate of drug-likeness (QED) is 0.0564. The van der Waals surface area contributed by atoms with Crippen molar-refractivity contribution in [3.63, 3.8) is 0 Å². The highest BCUT2D eigenvalue weighted by Crippen LogP contribution is 2.27. The Bertz CT molecular complexity index is 1280. The van der Waals surface area contributed by atoms with Gasteiger partial charge in [-0.1, -0.05) is 80.8 Å². The van der Waals surface area contributed by atoms with Crippen LogP contribution in [-0.2, 0) is 9.59 Å². The molecule has 0 spiro atoms. The van der Waals surface area contributed by atoms with Crippen LogP contribution >= 0.6 is 15.9 Å². The number of nitrogens with zero attached hydrogens (tertiary/aromatic N) is 1. The van der Waals surface area contributed by atoms with Gasteiger partial charge in [0.1, 0.15) is 11.7 Å². The van der Waals surface area contributed by atoms with Gasteiger partial charge in [0, 0.05) is 11.6 Å². The molecule has 0 aromatic heterocycles. The Morgan fingerprint density at radius 1 is 1.11 bits per heavy atom. The summed E-state index contributed by atoms with van der Waals surface area (Å²) in [6, 6.07) is 6.16. The third kappa shape index (κ3) is 19.6. The number of anilines is 1. The number of aryl methyl sites for hydroxylation is 2. The van der Waals surface area contributed by atoms with Crippen molar-refractivity contribution in [3.05, 3.63) is 125 Å². The third-order valence-electron chi connectivity index (χ3n) is 6.70. The highest BCUT2D eigenvalue weighted by atomic mass is 79.9. The lowest BCUT2D eigenvalue weighted by Crippen LogP contribution is -2.31. The molecule has 46 heavy (non-hydrogen) atoms. The van der Waals surface area contributed by atoms with E-state index in [0.717, 1.165) is 41.8 Å². The number of amidine groups is 1. The number of benzene rings is 1. The van der Waals surface area contributed by atoms with Gasteiger partial charge in [0.15, 0.2) is 0 Å². The van der Waals surface area contributed by atoms with Gasteiger partial charge in [-0.25, -0.2) is 4.99 Å². The molecular formula is C38H55BrN4O3. The number of aliphatic imine (C=N–C) groups is 1. The zero-order valence-electron chi connectivity index (χ0n) is 28.8. The molecule has 0 saturated heterocycles. The summed E-state index contributed by atoms with van der Waals surface area (Å²) in [6.45, 7) is 24.6. The second-order valence-corrected chi connectivity index (χ2v) is 10.9. The van der Waals surface area contributed by atoms with Crippen LogP contribution in [0.4, 0.5) is 5.69 Å². The molecule has 1 aromatic carbocycles. The predicted octanol–water partition coefficient (Wildman–Crippen LogP) is 8.64. The molecule has 1 aromatic rings. The summed E-state index contributed by atoms with van der Waals surface area (Å²) in [7, 11) is 1.99. The normalized spacial score (nSPS) is 13.7. The first-order chi connectivity index (χ1) is 22.1. The van der Waals surface area contributed by atoms with Crippen LogP contribution in [0.5, 0.6) is 0 Å². The van der Waals surface area contributed by atoms with Crippen LogP contribution in [0.2, 0.25) is 0 Å². The van der Waals surface area contributed by atoms with E-state index in [9.17, 15) is 5.11 Å². The monoisotopic (exact) mass is 694 g/mol. The fourth-order valence-corrected chi connectivity index (χ4v) is 4.29. The van der Waals surface area contributed by atoms with Gasteiger partial charge in [0.2, 0.25) is 0 Å². The summed E-state index contributed by atoms with van der Waals surface area (Å²) in [5, 5.41) is 19.1. The van der Waals surface area contributed by atoms with Crippen LogP contribution in [0.3, 0.4) is 0 Å². The highest BCUT2D eigenvalue weighted by molar-refractivity contribution is 9.11. The first-order valence-electron chi connectivity index (χ1n) is 15.4. The Hall–Kier alpha value is -3.81. The molecule has 0 heterocycles. The van der Waals surface area contributed by atoms with Crippen LogP contribution in [-0.4, -0.2) is 43.3 Å². The number of allylic oxidation sites excluding steroid dienone is 12. The van der Waals surface area contributed by atoms with E-state index in [1.807, 2.05) is 45.2 Å². The molecule has 4 N–H and O–H groups in total. The Labute approximate surface area is 286 Å². The number of nitrogens with one attached hydrogen (secondary N) is 3. The smallest absolute Gasteiger partial charge is 0.373 e. The van der Waals surface area contributed by atoms with Crippen LogP contribution in [0.15, 0.2) is 119 Å². The van der Waals surface area contributed by atoms with Crippen LogP contribution < -0.4 is 16.0 Å². The topological polar surface area (TPSA) is 103 Å². The minimum atomic E-state index is -0.0457. The molecule has 0 saturated carbocycles. The molecule has 8 heteroatoms. The summed E-state index contributed by atoms with van der Waals surface area (Å²) in [5.41, 5.74) is 6.17. The predicted molar refractivity (Wildman–Crippen MR) is 201 cm³/mol. The number of carbonyl (C=O) groups excluding carboxylic acids is 2. The molecule has 1 rings (SSSR count). The van der Waals surface area contributed by atoms with E-state index in [0.29, 0.717) is 11.7 Å². The van der Waals surface area contributed by atoms with Gasteiger partial charge in [-0.3, -0.25) is 0 Å². The molecule has 0 aliphatic heterocycles. The molecule has 0 radical (unpaired) electrons. The standard InChI is InChI=1S/C19H29N.C18H26BrN3O.CO2/c1-6-10-13-17(9-4)19(15-16-20-5)18(12-8-3)14-11-7-2;1-6-15(11-23)22-18(17(19)7-2)21-14(5)20-16-9-8-12(3)13(4)10-16;2-1-3/h6-10,12-14,19-20H,1-2,11,15-16H2,3-5H3;7-10,15,22-23H,2,6,11H2,1,3-5H3,(H,20,21);/b12-8-,13-10-,17-9+,18-14?;18-17-;. The molecule has 2 unspecified atom stereocenters. The lowest BCUT2D eigenvalue weighted by molar-refractivity contribution is -0.191. The van der Waals surface area contributed by atoms with Crippen molar-refractivity contribution >= 4 is 33.6 Å². The molecule has 0 bridgehead atoms. The Morgan fingerprint density at radius 3 is 2.26 bits per heavy atom. The van der Waals surface area contributed by atoms with Crippen LogP contribution in [0, 0.1) is 19.8 Å². The maximum atomic E-state index is 9.36.